The number of nitrogens with one attached hydrogen (secondary N) is 2. The van der Waals surface area contributed by atoms with E-state index >= 15 is 0 Å². The Kier molecular flexibility index (Phi) is 5.28. The van der Waals surface area contributed by atoms with E-state index in [9.17, 15) is 4.79 Å². The van der Waals surface area contributed by atoms with Gasteiger partial charge in [0.1, 0.15) is 11.8 Å². The maximum atomic E-state index is 12.4. The minimum absolute atomic E-state index is 0.128. The topological polar surface area (TPSA) is 68.8 Å². The summed E-state index contributed by atoms with van der Waals surface area (Å²) in [7, 11) is 1.61. The van der Waals surface area contributed by atoms with Gasteiger partial charge < -0.3 is 24.8 Å². The van der Waals surface area contributed by atoms with Crippen LogP contribution in [0.1, 0.15) is 13.3 Å². The molecular formula is C19H22N2O4. The van der Waals surface area contributed by atoms with Crippen molar-refractivity contribution in [1.29, 1.82) is 0 Å². The number of carbonyl (C=O) groups is 1. The van der Waals surface area contributed by atoms with E-state index in [4.69, 9.17) is 14.2 Å². The molecule has 1 heterocycles. The summed E-state index contributed by atoms with van der Waals surface area (Å²) in [5.41, 5.74) is 1.53. The van der Waals surface area contributed by atoms with Crippen LogP contribution in [0, 0.1) is 0 Å². The predicted molar refractivity (Wildman–Crippen MR) is 96.8 cm³/mol. The summed E-state index contributed by atoms with van der Waals surface area (Å²) in [5, 5.41) is 6.06. The number of amides is 1. The first-order valence-electron chi connectivity index (χ1n) is 8.27. The zero-order valence-corrected chi connectivity index (χ0v) is 14.4. The second-order valence-electron chi connectivity index (χ2n) is 5.80. The first-order chi connectivity index (χ1) is 12.2. The van der Waals surface area contributed by atoms with E-state index in [0.717, 1.165) is 29.3 Å². The van der Waals surface area contributed by atoms with Crippen molar-refractivity contribution in [2.24, 2.45) is 0 Å². The summed E-state index contributed by atoms with van der Waals surface area (Å²) in [6.45, 7) is 3.09. The number of rotatable bonds is 5. The van der Waals surface area contributed by atoms with E-state index < -0.39 is 6.04 Å². The fourth-order valence-corrected chi connectivity index (χ4v) is 2.49. The van der Waals surface area contributed by atoms with Crippen LogP contribution in [-0.2, 0) is 4.79 Å². The summed E-state index contributed by atoms with van der Waals surface area (Å²) >= 11 is 0. The molecule has 0 aliphatic carbocycles. The summed E-state index contributed by atoms with van der Waals surface area (Å²) in [4.78, 5) is 12.4. The van der Waals surface area contributed by atoms with Crippen molar-refractivity contribution in [2.75, 3.05) is 31.0 Å². The zero-order valence-electron chi connectivity index (χ0n) is 14.4. The first kappa shape index (κ1) is 17.0. The normalized spacial score (nSPS) is 14.2. The lowest BCUT2D eigenvalue weighted by molar-refractivity contribution is -0.116. The Morgan fingerprint density at radius 1 is 1.04 bits per heavy atom. The molecule has 0 saturated carbocycles. The van der Waals surface area contributed by atoms with Gasteiger partial charge in [0, 0.05) is 23.9 Å². The summed E-state index contributed by atoms with van der Waals surface area (Å²) < 4.78 is 16.4. The maximum Gasteiger partial charge on any atom is 0.246 e. The van der Waals surface area contributed by atoms with Crippen LogP contribution in [0.5, 0.6) is 17.2 Å². The lowest BCUT2D eigenvalue weighted by atomic mass is 10.2. The van der Waals surface area contributed by atoms with Crippen LogP contribution < -0.4 is 24.8 Å². The van der Waals surface area contributed by atoms with Crippen molar-refractivity contribution in [3.8, 4) is 17.2 Å². The lowest BCUT2D eigenvalue weighted by Gasteiger charge is -2.17. The molecule has 0 spiro atoms. The highest BCUT2D eigenvalue weighted by atomic mass is 16.5. The highest BCUT2D eigenvalue weighted by Crippen LogP contribution is 2.32. The molecule has 132 valence electrons. The number of ether oxygens (including phenoxy) is 3. The molecule has 6 heteroatoms. The van der Waals surface area contributed by atoms with Gasteiger partial charge in [-0.25, -0.2) is 0 Å². The standard InChI is InChI=1S/C19H22N2O4/c1-13(19(22)21-14-4-7-16(23-2)8-5-14)20-15-6-9-17-18(12-15)25-11-3-10-24-17/h4-9,12-13,20H,3,10-11H2,1-2H3,(H,21,22). The van der Waals surface area contributed by atoms with Gasteiger partial charge in [0.25, 0.3) is 0 Å². The second kappa shape index (κ2) is 7.79. The molecule has 25 heavy (non-hydrogen) atoms. The molecule has 1 atom stereocenters. The minimum atomic E-state index is -0.410. The molecule has 1 aliphatic heterocycles. The summed E-state index contributed by atoms with van der Waals surface area (Å²) in [6.07, 6.45) is 0.859. The van der Waals surface area contributed by atoms with Crippen LogP contribution >= 0.6 is 0 Å². The molecular weight excluding hydrogens is 320 g/mol. The van der Waals surface area contributed by atoms with Crippen molar-refractivity contribution in [3.05, 3.63) is 42.5 Å². The van der Waals surface area contributed by atoms with Gasteiger partial charge in [-0.3, -0.25) is 4.79 Å². The average Bonchev–Trinajstić information content (AvgIpc) is 2.87. The van der Waals surface area contributed by atoms with E-state index in [2.05, 4.69) is 10.6 Å². The van der Waals surface area contributed by atoms with Gasteiger partial charge in [0.2, 0.25) is 5.91 Å². The second-order valence-corrected chi connectivity index (χ2v) is 5.80. The van der Waals surface area contributed by atoms with E-state index in [-0.39, 0.29) is 5.91 Å². The van der Waals surface area contributed by atoms with E-state index in [1.54, 1.807) is 31.4 Å². The van der Waals surface area contributed by atoms with Crippen LogP contribution in [0.25, 0.3) is 0 Å². The molecule has 0 saturated heterocycles. The fourth-order valence-electron chi connectivity index (χ4n) is 2.49. The van der Waals surface area contributed by atoms with Gasteiger partial charge in [-0.2, -0.15) is 0 Å². The van der Waals surface area contributed by atoms with Crippen LogP contribution in [0.2, 0.25) is 0 Å². The molecule has 2 N–H and O–H groups in total. The SMILES string of the molecule is COc1ccc(NC(=O)C(C)Nc2ccc3c(c2)OCCCO3)cc1. The molecule has 0 fully saturated rings. The lowest BCUT2D eigenvalue weighted by Crippen LogP contribution is -2.31. The average molecular weight is 342 g/mol. The summed E-state index contributed by atoms with van der Waals surface area (Å²) in [6, 6.07) is 12.4. The number of hydrogen-bond acceptors (Lipinski definition) is 5. The molecule has 1 unspecified atom stereocenters. The van der Waals surface area contributed by atoms with Crippen molar-refractivity contribution < 1.29 is 19.0 Å². The van der Waals surface area contributed by atoms with Gasteiger partial charge in [-0.05, 0) is 43.3 Å². The van der Waals surface area contributed by atoms with E-state index in [1.807, 2.05) is 25.1 Å². The molecule has 2 aromatic rings. The maximum absolute atomic E-state index is 12.4. The number of benzene rings is 2. The predicted octanol–water partition coefficient (Wildman–Crippen LogP) is 3.30. The Hall–Kier alpha value is -2.89. The third kappa shape index (κ3) is 4.35. The molecule has 2 aromatic carbocycles. The Morgan fingerprint density at radius 3 is 2.44 bits per heavy atom. The van der Waals surface area contributed by atoms with Crippen molar-refractivity contribution in [3.63, 3.8) is 0 Å². The quantitative estimate of drug-likeness (QED) is 0.873. The van der Waals surface area contributed by atoms with Crippen molar-refractivity contribution >= 4 is 17.3 Å². The number of anilines is 2. The Morgan fingerprint density at radius 2 is 1.72 bits per heavy atom. The van der Waals surface area contributed by atoms with Gasteiger partial charge >= 0.3 is 0 Å². The number of hydrogen-bond donors (Lipinski definition) is 2. The van der Waals surface area contributed by atoms with Crippen LogP contribution in [-0.4, -0.2) is 32.3 Å². The molecule has 3 rings (SSSR count). The fraction of sp³-hybridized carbons (Fsp3) is 0.316. The summed E-state index contributed by atoms with van der Waals surface area (Å²) in [5.74, 6) is 2.05. The van der Waals surface area contributed by atoms with Crippen LogP contribution in [0.15, 0.2) is 42.5 Å². The Bertz CT molecular complexity index is 731. The van der Waals surface area contributed by atoms with Crippen molar-refractivity contribution in [2.45, 2.75) is 19.4 Å². The number of methoxy groups -OCH3 is 1. The zero-order chi connectivity index (χ0) is 17.6. The first-order valence-corrected chi connectivity index (χ1v) is 8.27. The Balaban J connectivity index is 1.61. The highest BCUT2D eigenvalue weighted by molar-refractivity contribution is 5.96. The van der Waals surface area contributed by atoms with Gasteiger partial charge in [-0.1, -0.05) is 0 Å². The highest BCUT2D eigenvalue weighted by Gasteiger charge is 2.15. The molecule has 1 aliphatic rings. The van der Waals surface area contributed by atoms with Crippen LogP contribution in [0.3, 0.4) is 0 Å². The van der Waals surface area contributed by atoms with E-state index in [0.29, 0.717) is 19.0 Å². The number of fused-ring (bicyclic) bond motifs is 1. The molecule has 0 aromatic heterocycles. The Labute approximate surface area is 147 Å². The molecule has 6 nitrogen and oxygen atoms in total. The van der Waals surface area contributed by atoms with Gasteiger partial charge in [0.15, 0.2) is 11.5 Å². The van der Waals surface area contributed by atoms with Crippen molar-refractivity contribution in [1.82, 2.24) is 0 Å². The van der Waals surface area contributed by atoms with Gasteiger partial charge in [0.05, 0.1) is 20.3 Å². The largest absolute Gasteiger partial charge is 0.497 e. The number of carbonyl (C=O) groups excluding carboxylic acids is 1. The third-order valence-corrected chi connectivity index (χ3v) is 3.88. The third-order valence-electron chi connectivity index (χ3n) is 3.88. The smallest absolute Gasteiger partial charge is 0.246 e. The molecule has 1 amide bonds. The molecule has 0 bridgehead atoms. The monoisotopic (exact) mass is 342 g/mol. The molecule has 0 radical (unpaired) electrons. The van der Waals surface area contributed by atoms with Crippen LogP contribution in [0.4, 0.5) is 11.4 Å². The van der Waals surface area contributed by atoms with Gasteiger partial charge in [-0.15, -0.1) is 0 Å². The van der Waals surface area contributed by atoms with E-state index in [1.165, 1.54) is 0 Å². The minimum Gasteiger partial charge on any atom is -0.497 e.